The quantitative estimate of drug-likeness (QED) is 0.915. The number of amides is 2. The minimum absolute atomic E-state index is 0.00823. The fourth-order valence-electron chi connectivity index (χ4n) is 3.57. The predicted molar refractivity (Wildman–Crippen MR) is 85.5 cm³/mol. The van der Waals surface area contributed by atoms with Gasteiger partial charge in [0, 0.05) is 51.6 Å². The highest BCUT2D eigenvalue weighted by Crippen LogP contribution is 2.41. The third-order valence-corrected chi connectivity index (χ3v) is 4.91. The lowest BCUT2D eigenvalue weighted by molar-refractivity contribution is 0.125. The van der Waals surface area contributed by atoms with Crippen molar-refractivity contribution in [3.05, 3.63) is 35.6 Å². The Kier molecular flexibility index (Phi) is 4.55. The van der Waals surface area contributed by atoms with E-state index in [9.17, 15) is 9.18 Å². The molecule has 2 aliphatic rings. The van der Waals surface area contributed by atoms with Gasteiger partial charge in [-0.25, -0.2) is 9.18 Å². The van der Waals surface area contributed by atoms with Crippen LogP contribution in [0.3, 0.4) is 0 Å². The van der Waals surface area contributed by atoms with Gasteiger partial charge >= 0.3 is 6.03 Å². The first-order chi connectivity index (χ1) is 11.0. The summed E-state index contributed by atoms with van der Waals surface area (Å²) in [6.45, 7) is 4.72. The van der Waals surface area contributed by atoms with Crippen molar-refractivity contribution in [2.24, 2.45) is 11.3 Å². The number of rotatable bonds is 4. The minimum atomic E-state index is -0.205. The Bertz CT molecular complexity index is 563. The first-order valence-electron chi connectivity index (χ1n) is 7.98. The van der Waals surface area contributed by atoms with E-state index < -0.39 is 0 Å². The molecule has 0 unspecified atom stereocenters. The van der Waals surface area contributed by atoms with Crippen LogP contribution in [0.1, 0.15) is 5.56 Å². The molecule has 0 spiro atoms. The third kappa shape index (κ3) is 3.48. The van der Waals surface area contributed by atoms with Gasteiger partial charge in [0.05, 0.1) is 13.2 Å². The van der Waals surface area contributed by atoms with Crippen LogP contribution in [-0.4, -0.2) is 62.8 Å². The Balaban J connectivity index is 1.62. The number of benzene rings is 1. The Morgan fingerprint density at radius 3 is 2.87 bits per heavy atom. The highest BCUT2D eigenvalue weighted by Gasteiger charge is 2.50. The van der Waals surface area contributed by atoms with Crippen LogP contribution in [0, 0.1) is 17.2 Å². The van der Waals surface area contributed by atoms with Crippen molar-refractivity contribution >= 4 is 6.03 Å². The molecule has 1 aromatic rings. The highest BCUT2D eigenvalue weighted by molar-refractivity contribution is 5.73. The summed E-state index contributed by atoms with van der Waals surface area (Å²) in [7, 11) is 3.48. The number of urea groups is 1. The molecule has 2 atom stereocenters. The zero-order valence-corrected chi connectivity index (χ0v) is 13.7. The van der Waals surface area contributed by atoms with Gasteiger partial charge in [-0.05, 0) is 17.7 Å². The smallest absolute Gasteiger partial charge is 0.316 e. The summed E-state index contributed by atoms with van der Waals surface area (Å²) >= 11 is 0. The van der Waals surface area contributed by atoms with Gasteiger partial charge in [-0.2, -0.15) is 0 Å². The third-order valence-electron chi connectivity index (χ3n) is 4.91. The van der Waals surface area contributed by atoms with Gasteiger partial charge in [0.1, 0.15) is 5.82 Å². The lowest BCUT2D eigenvalue weighted by Gasteiger charge is -2.28. The monoisotopic (exact) mass is 321 g/mol. The molecule has 2 saturated heterocycles. The molecular weight excluding hydrogens is 297 g/mol. The van der Waals surface area contributed by atoms with Crippen LogP contribution < -0.4 is 5.32 Å². The summed E-state index contributed by atoms with van der Waals surface area (Å²) < 4.78 is 18.7. The normalized spacial score (nSPS) is 27.0. The van der Waals surface area contributed by atoms with Crippen molar-refractivity contribution in [3.8, 4) is 0 Å². The second kappa shape index (κ2) is 6.45. The SMILES string of the molecule is CN(C)C(=O)NC[C@]12COC[C@H]1CN(Cc1ccc(F)cc1)C2. The number of hydrogen-bond donors (Lipinski definition) is 1. The zero-order chi connectivity index (χ0) is 16.4. The maximum Gasteiger partial charge on any atom is 0.316 e. The number of fused-ring (bicyclic) bond motifs is 1. The van der Waals surface area contributed by atoms with E-state index in [1.807, 2.05) is 12.1 Å². The zero-order valence-electron chi connectivity index (χ0n) is 13.7. The van der Waals surface area contributed by atoms with E-state index in [1.54, 1.807) is 19.0 Å². The van der Waals surface area contributed by atoms with Crippen LogP contribution in [0.5, 0.6) is 0 Å². The Morgan fingerprint density at radius 2 is 2.17 bits per heavy atom. The van der Waals surface area contributed by atoms with Crippen molar-refractivity contribution in [2.75, 3.05) is 46.9 Å². The average molecular weight is 321 g/mol. The molecular formula is C17H24FN3O2. The molecule has 1 N–H and O–H groups in total. The maximum atomic E-state index is 13.0. The van der Waals surface area contributed by atoms with Crippen LogP contribution in [0.4, 0.5) is 9.18 Å². The molecule has 0 saturated carbocycles. The molecule has 2 amide bonds. The first-order valence-corrected chi connectivity index (χ1v) is 7.98. The number of carbonyl (C=O) groups is 1. The molecule has 6 heteroatoms. The second-order valence-corrected chi connectivity index (χ2v) is 6.92. The van der Waals surface area contributed by atoms with Gasteiger partial charge in [0.25, 0.3) is 0 Å². The van der Waals surface area contributed by atoms with Gasteiger partial charge < -0.3 is 15.0 Å². The largest absolute Gasteiger partial charge is 0.380 e. The van der Waals surface area contributed by atoms with E-state index in [2.05, 4.69) is 10.2 Å². The van der Waals surface area contributed by atoms with E-state index in [1.165, 1.54) is 12.1 Å². The summed E-state index contributed by atoms with van der Waals surface area (Å²) in [5.41, 5.74) is 1.10. The lowest BCUT2D eigenvalue weighted by atomic mass is 9.81. The molecule has 2 aliphatic heterocycles. The van der Waals surface area contributed by atoms with Gasteiger partial charge in [-0.15, -0.1) is 0 Å². The van der Waals surface area contributed by atoms with Crippen LogP contribution >= 0.6 is 0 Å². The van der Waals surface area contributed by atoms with Crippen molar-refractivity contribution in [2.45, 2.75) is 6.54 Å². The summed E-state index contributed by atoms with van der Waals surface area (Å²) in [5, 5.41) is 3.01. The summed E-state index contributed by atoms with van der Waals surface area (Å²) in [6, 6.07) is 6.60. The summed E-state index contributed by atoms with van der Waals surface area (Å²) in [6.07, 6.45) is 0. The highest BCUT2D eigenvalue weighted by atomic mass is 19.1. The van der Waals surface area contributed by atoms with Crippen molar-refractivity contribution in [3.63, 3.8) is 0 Å². The molecule has 23 heavy (non-hydrogen) atoms. The number of hydrogen-bond acceptors (Lipinski definition) is 3. The number of nitrogens with one attached hydrogen (secondary N) is 1. The second-order valence-electron chi connectivity index (χ2n) is 6.92. The molecule has 1 aromatic carbocycles. The standard InChI is InChI=1S/C17H24FN3O2/c1-20(2)16(22)19-10-17-11-21(8-14(17)9-23-12-17)7-13-3-5-15(18)6-4-13/h3-6,14H,7-12H2,1-2H3,(H,19,22)/t14-,17+/m1/s1. The topological polar surface area (TPSA) is 44.8 Å². The number of nitrogens with zero attached hydrogens (tertiary/aromatic N) is 2. The molecule has 0 radical (unpaired) electrons. The maximum absolute atomic E-state index is 13.0. The minimum Gasteiger partial charge on any atom is -0.380 e. The van der Waals surface area contributed by atoms with Crippen LogP contribution in [0.15, 0.2) is 24.3 Å². The molecule has 0 aliphatic carbocycles. The lowest BCUT2D eigenvalue weighted by Crippen LogP contribution is -2.45. The van der Waals surface area contributed by atoms with Crippen molar-refractivity contribution < 1.29 is 13.9 Å². The molecule has 0 bridgehead atoms. The van der Waals surface area contributed by atoms with Gasteiger partial charge in [-0.3, -0.25) is 4.90 Å². The fraction of sp³-hybridized carbons (Fsp3) is 0.588. The summed E-state index contributed by atoms with van der Waals surface area (Å²) in [5.74, 6) is 0.230. The average Bonchev–Trinajstić information content (AvgIpc) is 3.03. The molecule has 5 nitrogen and oxygen atoms in total. The number of carbonyl (C=O) groups excluding carboxylic acids is 1. The molecule has 2 fully saturated rings. The van der Waals surface area contributed by atoms with Crippen LogP contribution in [0.25, 0.3) is 0 Å². The molecule has 2 heterocycles. The Morgan fingerprint density at radius 1 is 1.43 bits per heavy atom. The molecule has 3 rings (SSSR count). The number of likely N-dealkylation sites (tertiary alicyclic amines) is 1. The number of halogens is 1. The first kappa shape index (κ1) is 16.2. The van der Waals surface area contributed by atoms with Crippen LogP contribution in [-0.2, 0) is 11.3 Å². The van der Waals surface area contributed by atoms with Gasteiger partial charge in [0.2, 0.25) is 0 Å². The van der Waals surface area contributed by atoms with E-state index >= 15 is 0 Å². The number of ether oxygens (including phenoxy) is 1. The predicted octanol–water partition coefficient (Wildman–Crippen LogP) is 1.55. The fourth-order valence-corrected chi connectivity index (χ4v) is 3.57. The van der Waals surface area contributed by atoms with Crippen LogP contribution in [0.2, 0.25) is 0 Å². The van der Waals surface area contributed by atoms with Gasteiger partial charge in [0.15, 0.2) is 0 Å². The molecule has 0 aromatic heterocycles. The van der Waals surface area contributed by atoms with Crippen molar-refractivity contribution in [1.29, 1.82) is 0 Å². The van der Waals surface area contributed by atoms with E-state index in [0.29, 0.717) is 19.1 Å². The van der Waals surface area contributed by atoms with E-state index in [-0.39, 0.29) is 17.3 Å². The Labute approximate surface area is 136 Å². The summed E-state index contributed by atoms with van der Waals surface area (Å²) in [4.78, 5) is 15.7. The molecule has 126 valence electrons. The van der Waals surface area contributed by atoms with E-state index in [4.69, 9.17) is 4.74 Å². The van der Waals surface area contributed by atoms with Crippen molar-refractivity contribution in [1.82, 2.24) is 15.1 Å². The Hall–Kier alpha value is -1.66. The van der Waals surface area contributed by atoms with Gasteiger partial charge in [-0.1, -0.05) is 12.1 Å². The van der Waals surface area contributed by atoms with E-state index in [0.717, 1.165) is 31.8 Å².